The van der Waals surface area contributed by atoms with Gasteiger partial charge in [0.15, 0.2) is 6.10 Å². The van der Waals surface area contributed by atoms with Gasteiger partial charge in [-0.2, -0.15) is 0 Å². The molecule has 0 spiro atoms. The first-order chi connectivity index (χ1) is 8.32. The van der Waals surface area contributed by atoms with Crippen molar-refractivity contribution in [3.8, 4) is 0 Å². The van der Waals surface area contributed by atoms with E-state index in [1.54, 1.807) is 6.92 Å². The molecule has 100 valence electrons. The lowest BCUT2D eigenvalue weighted by molar-refractivity contribution is -0.158. The fourth-order valence-electron chi connectivity index (χ4n) is 1.28. The fraction of sp³-hybridized carbons (Fsp3) is 0.417. The maximum Gasteiger partial charge on any atom is 0.337 e. The summed E-state index contributed by atoms with van der Waals surface area (Å²) in [6.07, 6.45) is -2.57. The topological polar surface area (TPSA) is 66.8 Å². The second-order valence-corrected chi connectivity index (χ2v) is 4.79. The van der Waals surface area contributed by atoms with Gasteiger partial charge in [-0.25, -0.2) is 4.79 Å². The van der Waals surface area contributed by atoms with Gasteiger partial charge < -0.3 is 14.9 Å². The van der Waals surface area contributed by atoms with Crippen LogP contribution in [0.25, 0.3) is 0 Å². The van der Waals surface area contributed by atoms with Crippen molar-refractivity contribution in [2.45, 2.75) is 32.2 Å². The molecule has 1 rings (SSSR count). The smallest absolute Gasteiger partial charge is 0.337 e. The average molecular weight is 293 g/mol. The van der Waals surface area contributed by atoms with Crippen molar-refractivity contribution in [1.29, 1.82) is 0 Å². The Balaban J connectivity index is 2.97. The molecular formula is C12H14Cl2O4. The van der Waals surface area contributed by atoms with E-state index >= 15 is 0 Å². The predicted octanol–water partition coefficient (Wildman–Crippen LogP) is 2.91. The summed E-state index contributed by atoms with van der Waals surface area (Å²) >= 11 is 11.6. The summed E-state index contributed by atoms with van der Waals surface area (Å²) in [4.78, 5) is 11.2. The van der Waals surface area contributed by atoms with E-state index in [0.29, 0.717) is 10.6 Å². The summed E-state index contributed by atoms with van der Waals surface area (Å²) in [7, 11) is 0. The predicted molar refractivity (Wildman–Crippen MR) is 69.1 cm³/mol. The van der Waals surface area contributed by atoms with Crippen LogP contribution in [-0.2, 0) is 9.53 Å². The molecule has 0 aromatic heterocycles. The Hall–Kier alpha value is -0.810. The monoisotopic (exact) mass is 292 g/mol. The summed E-state index contributed by atoms with van der Waals surface area (Å²) in [6, 6.07) is 4.48. The molecule has 0 aliphatic rings. The number of carbonyl (C=O) groups is 1. The van der Waals surface area contributed by atoms with Gasteiger partial charge in [-0.3, -0.25) is 0 Å². The Labute approximate surface area is 115 Å². The number of aliphatic carboxylic acids is 1. The largest absolute Gasteiger partial charge is 0.479 e. The zero-order valence-electron chi connectivity index (χ0n) is 9.93. The van der Waals surface area contributed by atoms with Crippen molar-refractivity contribution >= 4 is 29.2 Å². The first-order valence-electron chi connectivity index (χ1n) is 5.34. The molecule has 3 unspecified atom stereocenters. The lowest BCUT2D eigenvalue weighted by Crippen LogP contribution is -2.28. The summed E-state index contributed by atoms with van der Waals surface area (Å²) in [5, 5.41) is 19.1. The second kappa shape index (κ2) is 6.38. The van der Waals surface area contributed by atoms with Crippen molar-refractivity contribution in [3.63, 3.8) is 0 Å². The third kappa shape index (κ3) is 3.85. The lowest BCUT2D eigenvalue weighted by atomic mass is 10.1. The van der Waals surface area contributed by atoms with Crippen LogP contribution >= 0.6 is 23.2 Å². The number of benzene rings is 1. The lowest BCUT2D eigenvalue weighted by Gasteiger charge is -2.21. The molecule has 0 heterocycles. The maximum absolute atomic E-state index is 11.2. The van der Waals surface area contributed by atoms with Crippen LogP contribution in [0.3, 0.4) is 0 Å². The normalized spacial score (nSPS) is 16.1. The van der Waals surface area contributed by atoms with E-state index in [4.69, 9.17) is 33.0 Å². The van der Waals surface area contributed by atoms with Crippen molar-refractivity contribution in [2.75, 3.05) is 0 Å². The summed E-state index contributed by atoms with van der Waals surface area (Å²) in [5.41, 5.74) is 0.379. The molecule has 0 saturated heterocycles. The highest BCUT2D eigenvalue weighted by Crippen LogP contribution is 2.28. The van der Waals surface area contributed by atoms with Crippen LogP contribution in [0.2, 0.25) is 10.0 Å². The number of rotatable bonds is 5. The molecule has 4 nitrogen and oxygen atoms in total. The molecular weight excluding hydrogens is 279 g/mol. The van der Waals surface area contributed by atoms with Gasteiger partial charge in [0.1, 0.15) is 0 Å². The highest BCUT2D eigenvalue weighted by molar-refractivity contribution is 6.42. The van der Waals surface area contributed by atoms with Gasteiger partial charge >= 0.3 is 5.97 Å². The average Bonchev–Trinajstić information content (AvgIpc) is 2.29. The maximum atomic E-state index is 11.2. The Morgan fingerprint density at radius 3 is 2.33 bits per heavy atom. The molecule has 1 aromatic rings. The van der Waals surface area contributed by atoms with Gasteiger partial charge in [0.05, 0.1) is 22.3 Å². The highest BCUT2D eigenvalue weighted by Gasteiger charge is 2.25. The SMILES string of the molecule is CC(O)C(C)OC(C(=O)O)c1ccc(Cl)c(Cl)c1. The third-order valence-corrected chi connectivity index (χ3v) is 3.24. The van der Waals surface area contributed by atoms with Gasteiger partial charge in [0.25, 0.3) is 0 Å². The van der Waals surface area contributed by atoms with Gasteiger partial charge in [-0.1, -0.05) is 29.3 Å². The first-order valence-corrected chi connectivity index (χ1v) is 6.09. The molecule has 0 radical (unpaired) electrons. The standard InChI is InChI=1S/C12H14Cl2O4/c1-6(15)7(2)18-11(12(16)17)8-3-4-9(13)10(14)5-8/h3-7,11,15H,1-2H3,(H,16,17). The number of aliphatic hydroxyl groups excluding tert-OH is 1. The molecule has 0 fully saturated rings. The van der Waals surface area contributed by atoms with Crippen LogP contribution in [-0.4, -0.2) is 28.4 Å². The minimum Gasteiger partial charge on any atom is -0.479 e. The van der Waals surface area contributed by atoms with Gasteiger partial charge in [-0.05, 0) is 31.5 Å². The van der Waals surface area contributed by atoms with E-state index < -0.39 is 24.3 Å². The molecule has 18 heavy (non-hydrogen) atoms. The molecule has 2 N–H and O–H groups in total. The minimum atomic E-state index is -1.19. The van der Waals surface area contributed by atoms with Gasteiger partial charge in [-0.15, -0.1) is 0 Å². The third-order valence-electron chi connectivity index (χ3n) is 2.50. The van der Waals surface area contributed by atoms with Crippen molar-refractivity contribution in [1.82, 2.24) is 0 Å². The highest BCUT2D eigenvalue weighted by atomic mass is 35.5. The Bertz CT molecular complexity index is 434. The van der Waals surface area contributed by atoms with E-state index in [0.717, 1.165) is 0 Å². The van der Waals surface area contributed by atoms with E-state index in [1.165, 1.54) is 25.1 Å². The molecule has 0 bridgehead atoms. The van der Waals surface area contributed by atoms with Crippen LogP contribution in [0.4, 0.5) is 0 Å². The van der Waals surface area contributed by atoms with Crippen LogP contribution in [0, 0.1) is 0 Å². The van der Waals surface area contributed by atoms with Crippen LogP contribution in [0.5, 0.6) is 0 Å². The molecule has 6 heteroatoms. The van der Waals surface area contributed by atoms with E-state index in [2.05, 4.69) is 0 Å². The Morgan fingerprint density at radius 1 is 1.28 bits per heavy atom. The Morgan fingerprint density at radius 2 is 1.89 bits per heavy atom. The van der Waals surface area contributed by atoms with Crippen LogP contribution < -0.4 is 0 Å². The molecule has 0 aliphatic carbocycles. The second-order valence-electron chi connectivity index (χ2n) is 3.97. The quantitative estimate of drug-likeness (QED) is 0.876. The molecule has 3 atom stereocenters. The number of halogens is 2. The molecule has 0 aliphatic heterocycles. The summed E-state index contributed by atoms with van der Waals surface area (Å²) in [5.74, 6) is -1.15. The number of carboxylic acids is 1. The van der Waals surface area contributed by atoms with E-state index in [1.807, 2.05) is 0 Å². The Kier molecular flexibility index (Phi) is 5.41. The number of ether oxygens (including phenoxy) is 1. The van der Waals surface area contributed by atoms with Crippen LogP contribution in [0.1, 0.15) is 25.5 Å². The van der Waals surface area contributed by atoms with Crippen molar-refractivity contribution in [3.05, 3.63) is 33.8 Å². The number of aliphatic hydroxyl groups is 1. The van der Waals surface area contributed by atoms with E-state index in [9.17, 15) is 9.90 Å². The summed E-state index contributed by atoms with van der Waals surface area (Å²) in [6.45, 7) is 3.12. The van der Waals surface area contributed by atoms with Gasteiger partial charge in [0.2, 0.25) is 0 Å². The summed E-state index contributed by atoms with van der Waals surface area (Å²) < 4.78 is 5.30. The minimum absolute atomic E-state index is 0.258. The molecule has 0 saturated carbocycles. The number of carboxylic acid groups (broad SMARTS) is 1. The number of hydrogen-bond donors (Lipinski definition) is 2. The number of hydrogen-bond acceptors (Lipinski definition) is 3. The van der Waals surface area contributed by atoms with Crippen LogP contribution in [0.15, 0.2) is 18.2 Å². The van der Waals surface area contributed by atoms with Crippen molar-refractivity contribution < 1.29 is 19.7 Å². The molecule has 0 amide bonds. The molecule has 1 aromatic carbocycles. The first kappa shape index (κ1) is 15.2. The van der Waals surface area contributed by atoms with E-state index in [-0.39, 0.29) is 5.02 Å². The van der Waals surface area contributed by atoms with Gasteiger partial charge in [0, 0.05) is 0 Å². The zero-order valence-corrected chi connectivity index (χ0v) is 11.4. The fourth-order valence-corrected chi connectivity index (χ4v) is 1.59. The zero-order chi connectivity index (χ0) is 13.9. The van der Waals surface area contributed by atoms with Crippen molar-refractivity contribution in [2.24, 2.45) is 0 Å².